The quantitative estimate of drug-likeness (QED) is 0.500. The second-order valence-electron chi connectivity index (χ2n) is 2.15. The fraction of sp³-hybridized carbons (Fsp3) is 1.00. The number of nitrogens with zero attached hydrogens (tertiary/aromatic N) is 1. The molecule has 0 amide bonds. The highest BCUT2D eigenvalue weighted by Gasteiger charge is 2.20. The van der Waals surface area contributed by atoms with Crippen molar-refractivity contribution in [2.24, 2.45) is 0 Å². The Labute approximate surface area is 71.7 Å². The largest absolute Gasteiger partial charge is 0.438 e. The second-order valence-corrected chi connectivity index (χ2v) is 9.10. The molecule has 0 saturated heterocycles. The van der Waals surface area contributed by atoms with E-state index in [1.165, 1.54) is 0 Å². The lowest BCUT2D eigenvalue weighted by Crippen LogP contribution is -2.22. The summed E-state index contributed by atoms with van der Waals surface area (Å²) in [6.45, 7) is 3.97. The highest BCUT2D eigenvalue weighted by Crippen LogP contribution is 2.41. The van der Waals surface area contributed by atoms with Crippen molar-refractivity contribution in [3.05, 3.63) is 0 Å². The molecule has 0 aromatic heterocycles. The maximum Gasteiger partial charge on any atom is 0.438 e. The third-order valence-electron chi connectivity index (χ3n) is 1.04. The predicted molar refractivity (Wildman–Crippen MR) is 51.4 cm³/mol. The van der Waals surface area contributed by atoms with E-state index in [9.17, 15) is 0 Å². The standard InChI is InChI=1S/C3H9BCl2NPS/c1-7(4(5)6)8(2,3)9/h1-3H3. The van der Waals surface area contributed by atoms with Gasteiger partial charge < -0.3 is 0 Å². The summed E-state index contributed by atoms with van der Waals surface area (Å²) < 4.78 is 1.81. The third kappa shape index (κ3) is 3.85. The Bertz CT molecular complexity index is 136. The summed E-state index contributed by atoms with van der Waals surface area (Å²) in [6, 6.07) is 0. The van der Waals surface area contributed by atoms with Crippen LogP contribution in [0.3, 0.4) is 0 Å². The van der Waals surface area contributed by atoms with Gasteiger partial charge in [0, 0.05) is 6.19 Å². The highest BCUT2D eigenvalue weighted by molar-refractivity contribution is 8.13. The van der Waals surface area contributed by atoms with Crippen molar-refractivity contribution in [1.29, 1.82) is 0 Å². The molecule has 0 aromatic carbocycles. The average molecular weight is 204 g/mol. The first-order valence-corrected chi connectivity index (χ1v) is 6.94. The smallest absolute Gasteiger partial charge is 0.289 e. The van der Waals surface area contributed by atoms with Crippen LogP contribution in [0.2, 0.25) is 0 Å². The van der Waals surface area contributed by atoms with Crippen LogP contribution >= 0.6 is 29.1 Å². The SMILES string of the molecule is CN(B(Cl)Cl)P(C)(C)=S. The maximum absolute atomic E-state index is 5.57. The van der Waals surface area contributed by atoms with Crippen molar-refractivity contribution in [2.45, 2.75) is 0 Å². The molecule has 54 valence electrons. The van der Waals surface area contributed by atoms with Gasteiger partial charge in [-0.05, 0) is 20.4 Å². The number of hydrogen-bond acceptors (Lipinski definition) is 1. The molecule has 0 bridgehead atoms. The van der Waals surface area contributed by atoms with Gasteiger partial charge in [-0.1, -0.05) is 11.8 Å². The van der Waals surface area contributed by atoms with Crippen molar-refractivity contribution in [1.82, 2.24) is 4.58 Å². The summed E-state index contributed by atoms with van der Waals surface area (Å²) in [5.74, 6) is 0. The molecule has 0 rings (SSSR count). The molecule has 0 heterocycles. The molecule has 0 aliphatic rings. The zero-order chi connectivity index (χ0) is 7.65. The van der Waals surface area contributed by atoms with Crippen molar-refractivity contribution in [3.63, 3.8) is 0 Å². The lowest BCUT2D eigenvalue weighted by atomic mass is 10.4. The summed E-state index contributed by atoms with van der Waals surface area (Å²) in [5, 5.41) is 0. The van der Waals surface area contributed by atoms with E-state index in [1.807, 2.05) is 25.0 Å². The first kappa shape index (κ1) is 10.3. The summed E-state index contributed by atoms with van der Waals surface area (Å²) in [4.78, 5) is 0. The van der Waals surface area contributed by atoms with E-state index in [2.05, 4.69) is 0 Å². The van der Waals surface area contributed by atoms with Gasteiger partial charge in [0.15, 0.2) is 0 Å². The Balaban J connectivity index is 4.05. The lowest BCUT2D eigenvalue weighted by Gasteiger charge is -2.23. The first-order chi connectivity index (χ1) is 3.85. The molecule has 0 aliphatic heterocycles. The summed E-state index contributed by atoms with van der Waals surface area (Å²) in [7, 11) is 1.84. The van der Waals surface area contributed by atoms with E-state index in [-0.39, 0.29) is 0 Å². The van der Waals surface area contributed by atoms with Crippen LogP contribution in [-0.4, -0.2) is 30.6 Å². The molecule has 0 saturated carbocycles. The Morgan fingerprint density at radius 3 is 1.78 bits per heavy atom. The highest BCUT2D eigenvalue weighted by atomic mass is 35.5. The first-order valence-electron chi connectivity index (χ1n) is 2.42. The van der Waals surface area contributed by atoms with Gasteiger partial charge in [0.25, 0.3) is 0 Å². The van der Waals surface area contributed by atoms with Crippen molar-refractivity contribution in [2.75, 3.05) is 20.4 Å². The van der Waals surface area contributed by atoms with Crippen LogP contribution in [0.1, 0.15) is 0 Å². The molecule has 6 heteroatoms. The van der Waals surface area contributed by atoms with Crippen LogP contribution in [-0.2, 0) is 11.8 Å². The normalized spacial score (nSPS) is 12.2. The van der Waals surface area contributed by atoms with Gasteiger partial charge in [-0.25, -0.2) is 0 Å². The van der Waals surface area contributed by atoms with Gasteiger partial charge >= 0.3 is 5.68 Å². The topological polar surface area (TPSA) is 3.24 Å². The Morgan fingerprint density at radius 1 is 1.44 bits per heavy atom. The molecule has 0 fully saturated rings. The van der Waals surface area contributed by atoms with Gasteiger partial charge in [0.1, 0.15) is 0 Å². The molecule has 0 unspecified atom stereocenters. The molecule has 0 N–H and O–H groups in total. The monoisotopic (exact) mass is 203 g/mol. The van der Waals surface area contributed by atoms with Crippen molar-refractivity contribution in [3.8, 4) is 0 Å². The molecular weight excluding hydrogens is 195 g/mol. The number of rotatable bonds is 2. The summed E-state index contributed by atoms with van der Waals surface area (Å²) in [6.07, 6.45) is -1.41. The minimum Gasteiger partial charge on any atom is -0.289 e. The molecular formula is C3H9BCl2NPS. The van der Waals surface area contributed by atoms with Crippen LogP contribution in [0.4, 0.5) is 0 Å². The third-order valence-corrected chi connectivity index (χ3v) is 4.42. The van der Waals surface area contributed by atoms with Crippen LogP contribution in [0.25, 0.3) is 0 Å². The van der Waals surface area contributed by atoms with E-state index < -0.39 is 11.9 Å². The molecule has 0 aromatic rings. The summed E-state index contributed by atoms with van der Waals surface area (Å²) >= 11 is 16.3. The molecule has 1 nitrogen and oxygen atoms in total. The van der Waals surface area contributed by atoms with Crippen LogP contribution < -0.4 is 0 Å². The molecule has 9 heavy (non-hydrogen) atoms. The molecule has 0 atom stereocenters. The van der Waals surface area contributed by atoms with Gasteiger partial charge in [-0.2, -0.15) is 0 Å². The zero-order valence-electron chi connectivity index (χ0n) is 5.64. The van der Waals surface area contributed by atoms with E-state index in [0.29, 0.717) is 0 Å². The number of halogens is 2. The van der Waals surface area contributed by atoms with E-state index in [4.69, 9.17) is 34.7 Å². The van der Waals surface area contributed by atoms with Crippen LogP contribution in [0, 0.1) is 0 Å². The molecule has 0 spiro atoms. The predicted octanol–water partition coefficient (Wildman–Crippen LogP) is 2.03. The Morgan fingerprint density at radius 2 is 1.78 bits per heavy atom. The molecule has 0 radical (unpaired) electrons. The van der Waals surface area contributed by atoms with Crippen LogP contribution in [0.5, 0.6) is 0 Å². The van der Waals surface area contributed by atoms with Crippen LogP contribution in [0.15, 0.2) is 0 Å². The minimum atomic E-state index is -1.41. The van der Waals surface area contributed by atoms with Crippen molar-refractivity contribution >= 4 is 46.6 Å². The zero-order valence-corrected chi connectivity index (χ0v) is 8.86. The van der Waals surface area contributed by atoms with Gasteiger partial charge in [0.2, 0.25) is 0 Å². The fourth-order valence-corrected chi connectivity index (χ4v) is 2.53. The van der Waals surface area contributed by atoms with Gasteiger partial charge in [-0.15, -0.1) is 22.9 Å². The van der Waals surface area contributed by atoms with Crippen molar-refractivity contribution < 1.29 is 0 Å². The average Bonchev–Trinajstić information content (AvgIpc) is 1.62. The Hall–Kier alpha value is 1.25. The second kappa shape index (κ2) is 3.59. The minimum absolute atomic E-state index is 0.467. The molecule has 0 aliphatic carbocycles. The lowest BCUT2D eigenvalue weighted by molar-refractivity contribution is 0.879. The van der Waals surface area contributed by atoms with E-state index in [0.717, 1.165) is 0 Å². The maximum atomic E-state index is 5.57. The fourth-order valence-electron chi connectivity index (χ4n) is 0.210. The van der Waals surface area contributed by atoms with E-state index >= 15 is 0 Å². The van der Waals surface area contributed by atoms with E-state index in [1.54, 1.807) is 0 Å². The Kier molecular flexibility index (Phi) is 4.09. The van der Waals surface area contributed by atoms with Gasteiger partial charge in [0.05, 0.1) is 0 Å². The summed E-state index contributed by atoms with van der Waals surface area (Å²) in [5.41, 5.74) is -0.467. The number of hydrogen-bond donors (Lipinski definition) is 0. The van der Waals surface area contributed by atoms with Gasteiger partial charge in [-0.3, -0.25) is 4.58 Å².